The molecule has 1 aliphatic heterocycles. The third kappa shape index (κ3) is 3.33. The fourth-order valence-electron chi connectivity index (χ4n) is 2.48. The van der Waals surface area contributed by atoms with Crippen LogP contribution in [0.2, 0.25) is 0 Å². The number of nitrogens with zero attached hydrogens (tertiary/aromatic N) is 2. The van der Waals surface area contributed by atoms with Crippen LogP contribution in [-0.4, -0.2) is 34.2 Å². The molecule has 1 saturated heterocycles. The molecule has 2 amide bonds. The van der Waals surface area contributed by atoms with Gasteiger partial charge < -0.3 is 10.6 Å². The van der Waals surface area contributed by atoms with Crippen LogP contribution in [0, 0.1) is 0 Å². The Morgan fingerprint density at radius 1 is 1.36 bits per heavy atom. The van der Waals surface area contributed by atoms with Gasteiger partial charge in [-0.1, -0.05) is 18.2 Å². The molecule has 1 atom stereocenters. The molecule has 2 heterocycles. The van der Waals surface area contributed by atoms with E-state index in [-0.39, 0.29) is 17.9 Å². The number of carbonyl (C=O) groups is 2. The Bertz CT molecular complexity index is 666. The summed E-state index contributed by atoms with van der Waals surface area (Å²) < 4.78 is 1.81. The number of hydrogen-bond acceptors (Lipinski definition) is 3. The molecule has 2 N–H and O–H groups in total. The van der Waals surface area contributed by atoms with Crippen molar-refractivity contribution in [2.24, 2.45) is 0 Å². The van der Waals surface area contributed by atoms with E-state index in [0.717, 1.165) is 11.3 Å². The van der Waals surface area contributed by atoms with E-state index in [1.165, 1.54) is 0 Å². The van der Waals surface area contributed by atoms with Gasteiger partial charge in [0.2, 0.25) is 11.8 Å². The molecular weight excluding hydrogens is 280 g/mol. The molecule has 0 spiro atoms. The maximum Gasteiger partial charge on any atom is 0.242 e. The maximum atomic E-state index is 11.9. The Kier molecular flexibility index (Phi) is 4.18. The zero-order valence-corrected chi connectivity index (χ0v) is 12.2. The predicted molar refractivity (Wildman–Crippen MR) is 81.4 cm³/mol. The summed E-state index contributed by atoms with van der Waals surface area (Å²) in [5.74, 6) is -0.161. The highest BCUT2D eigenvalue weighted by atomic mass is 16.2. The van der Waals surface area contributed by atoms with Crippen molar-refractivity contribution in [1.82, 2.24) is 20.4 Å². The minimum atomic E-state index is -0.375. The Morgan fingerprint density at radius 3 is 2.91 bits per heavy atom. The Morgan fingerprint density at radius 2 is 2.18 bits per heavy atom. The fraction of sp³-hybridized carbons (Fsp3) is 0.312. The molecule has 0 radical (unpaired) electrons. The van der Waals surface area contributed by atoms with E-state index in [4.69, 9.17) is 0 Å². The van der Waals surface area contributed by atoms with E-state index in [0.29, 0.717) is 25.8 Å². The lowest BCUT2D eigenvalue weighted by atomic mass is 10.2. The quantitative estimate of drug-likeness (QED) is 0.857. The molecule has 0 saturated carbocycles. The van der Waals surface area contributed by atoms with Gasteiger partial charge in [0.1, 0.15) is 6.04 Å². The van der Waals surface area contributed by atoms with Crippen LogP contribution in [0.25, 0.3) is 5.69 Å². The summed E-state index contributed by atoms with van der Waals surface area (Å²) in [6.07, 6.45) is 5.48. The van der Waals surface area contributed by atoms with Gasteiger partial charge in [-0.05, 0) is 30.5 Å². The van der Waals surface area contributed by atoms with Crippen LogP contribution in [0.1, 0.15) is 18.4 Å². The number of nitrogens with one attached hydrogen (secondary N) is 2. The van der Waals surface area contributed by atoms with Crippen LogP contribution < -0.4 is 10.6 Å². The Hall–Kier alpha value is -2.63. The monoisotopic (exact) mass is 298 g/mol. The SMILES string of the molecule is O=C1CC[C@@H](C(=O)NCCc2cnn(-c3ccccc3)c2)N1. The fourth-order valence-corrected chi connectivity index (χ4v) is 2.48. The first-order chi connectivity index (χ1) is 10.7. The molecule has 22 heavy (non-hydrogen) atoms. The lowest BCUT2D eigenvalue weighted by molar-refractivity contribution is -0.125. The standard InChI is InChI=1S/C16H18N4O2/c21-15-7-6-14(19-15)16(22)17-9-8-12-10-18-20(11-12)13-4-2-1-3-5-13/h1-5,10-11,14H,6-9H2,(H,17,22)(H,19,21)/t14-/m0/s1. The second kappa shape index (κ2) is 6.43. The first kappa shape index (κ1) is 14.3. The molecule has 0 unspecified atom stereocenters. The molecule has 6 nitrogen and oxygen atoms in total. The summed E-state index contributed by atoms with van der Waals surface area (Å²) in [6, 6.07) is 9.49. The first-order valence-corrected chi connectivity index (χ1v) is 7.38. The van der Waals surface area contributed by atoms with E-state index < -0.39 is 0 Å². The van der Waals surface area contributed by atoms with Crippen molar-refractivity contribution >= 4 is 11.8 Å². The minimum absolute atomic E-state index is 0.0516. The normalized spacial score (nSPS) is 17.3. The summed E-state index contributed by atoms with van der Waals surface area (Å²) >= 11 is 0. The van der Waals surface area contributed by atoms with Gasteiger partial charge in [-0.15, -0.1) is 0 Å². The predicted octanol–water partition coefficient (Wildman–Crippen LogP) is 0.810. The van der Waals surface area contributed by atoms with Crippen molar-refractivity contribution < 1.29 is 9.59 Å². The van der Waals surface area contributed by atoms with Gasteiger partial charge in [0.15, 0.2) is 0 Å². The number of amides is 2. The summed E-state index contributed by atoms with van der Waals surface area (Å²) in [5.41, 5.74) is 2.06. The van der Waals surface area contributed by atoms with Gasteiger partial charge in [0.05, 0.1) is 11.9 Å². The average molecular weight is 298 g/mol. The van der Waals surface area contributed by atoms with Gasteiger partial charge in [0.25, 0.3) is 0 Å². The Labute approximate surface area is 128 Å². The molecule has 2 aromatic rings. The molecule has 0 aliphatic carbocycles. The van der Waals surface area contributed by atoms with Gasteiger partial charge in [-0.2, -0.15) is 5.10 Å². The van der Waals surface area contributed by atoms with Crippen LogP contribution >= 0.6 is 0 Å². The highest BCUT2D eigenvalue weighted by Gasteiger charge is 2.26. The van der Waals surface area contributed by atoms with Crippen molar-refractivity contribution in [3.05, 3.63) is 48.3 Å². The largest absolute Gasteiger partial charge is 0.354 e. The molecule has 114 valence electrons. The van der Waals surface area contributed by atoms with Crippen LogP contribution in [-0.2, 0) is 16.0 Å². The second-order valence-electron chi connectivity index (χ2n) is 5.33. The molecular formula is C16H18N4O2. The zero-order valence-electron chi connectivity index (χ0n) is 12.2. The van der Waals surface area contributed by atoms with E-state index in [1.54, 1.807) is 6.20 Å². The van der Waals surface area contributed by atoms with Crippen molar-refractivity contribution in [3.63, 3.8) is 0 Å². The Balaban J connectivity index is 1.49. The minimum Gasteiger partial charge on any atom is -0.354 e. The van der Waals surface area contributed by atoms with E-state index in [2.05, 4.69) is 15.7 Å². The van der Waals surface area contributed by atoms with E-state index in [1.807, 2.05) is 41.2 Å². The van der Waals surface area contributed by atoms with Crippen LogP contribution in [0.4, 0.5) is 0 Å². The number of hydrogen-bond donors (Lipinski definition) is 2. The summed E-state index contributed by atoms with van der Waals surface area (Å²) in [7, 11) is 0. The van der Waals surface area contributed by atoms with Gasteiger partial charge in [0, 0.05) is 19.2 Å². The van der Waals surface area contributed by atoms with Crippen LogP contribution in [0.5, 0.6) is 0 Å². The van der Waals surface area contributed by atoms with Crippen molar-refractivity contribution in [1.29, 1.82) is 0 Å². The zero-order chi connectivity index (χ0) is 15.4. The molecule has 0 bridgehead atoms. The topological polar surface area (TPSA) is 76.0 Å². The van der Waals surface area contributed by atoms with Gasteiger partial charge >= 0.3 is 0 Å². The number of carbonyl (C=O) groups excluding carboxylic acids is 2. The van der Waals surface area contributed by atoms with E-state index >= 15 is 0 Å². The number of benzene rings is 1. The molecule has 1 aromatic heterocycles. The molecule has 3 rings (SSSR count). The highest BCUT2D eigenvalue weighted by molar-refractivity contribution is 5.90. The van der Waals surface area contributed by atoms with Crippen molar-refractivity contribution in [2.75, 3.05) is 6.54 Å². The summed E-state index contributed by atoms with van der Waals surface area (Å²) in [6.45, 7) is 0.533. The first-order valence-electron chi connectivity index (χ1n) is 7.38. The lowest BCUT2D eigenvalue weighted by Gasteiger charge is -2.10. The second-order valence-corrected chi connectivity index (χ2v) is 5.33. The van der Waals surface area contributed by atoms with Crippen LogP contribution in [0.3, 0.4) is 0 Å². The molecule has 1 aromatic carbocycles. The van der Waals surface area contributed by atoms with Crippen LogP contribution in [0.15, 0.2) is 42.7 Å². The lowest BCUT2D eigenvalue weighted by Crippen LogP contribution is -2.42. The average Bonchev–Trinajstić information content (AvgIpc) is 3.17. The maximum absolute atomic E-state index is 11.9. The molecule has 1 aliphatic rings. The van der Waals surface area contributed by atoms with Crippen molar-refractivity contribution in [2.45, 2.75) is 25.3 Å². The highest BCUT2D eigenvalue weighted by Crippen LogP contribution is 2.08. The van der Waals surface area contributed by atoms with Gasteiger partial charge in [-0.25, -0.2) is 4.68 Å². The van der Waals surface area contributed by atoms with E-state index in [9.17, 15) is 9.59 Å². The molecule has 6 heteroatoms. The number of aromatic nitrogens is 2. The summed E-state index contributed by atoms with van der Waals surface area (Å²) in [5, 5.41) is 9.83. The smallest absolute Gasteiger partial charge is 0.242 e. The number of rotatable bonds is 5. The third-order valence-electron chi connectivity index (χ3n) is 3.68. The van der Waals surface area contributed by atoms with Gasteiger partial charge in [-0.3, -0.25) is 9.59 Å². The van der Waals surface area contributed by atoms with Crippen molar-refractivity contribution in [3.8, 4) is 5.69 Å². The molecule has 1 fully saturated rings. The number of para-hydroxylation sites is 1. The summed E-state index contributed by atoms with van der Waals surface area (Å²) in [4.78, 5) is 22.9. The third-order valence-corrected chi connectivity index (χ3v) is 3.68.